The predicted octanol–water partition coefficient (Wildman–Crippen LogP) is 7.81. The fourth-order valence-electron chi connectivity index (χ4n) is 9.23. The van der Waals surface area contributed by atoms with Crippen LogP contribution in [0.15, 0.2) is 102 Å². The number of methoxy groups -OCH3 is 1. The number of esters is 1. The molecule has 3 aliphatic rings. The average Bonchev–Trinajstić information content (AvgIpc) is 3.59. The summed E-state index contributed by atoms with van der Waals surface area (Å²) in [7, 11) is 1.64. The van der Waals surface area contributed by atoms with E-state index in [0.29, 0.717) is 35.3 Å². The van der Waals surface area contributed by atoms with Crippen LogP contribution in [0.25, 0.3) is 22.3 Å². The first-order valence-electron chi connectivity index (χ1n) is 18.7. The summed E-state index contributed by atoms with van der Waals surface area (Å²) in [5, 5.41) is 14.7. The van der Waals surface area contributed by atoms with E-state index in [0.717, 1.165) is 44.5 Å². The fourth-order valence-corrected chi connectivity index (χ4v) is 9.23. The zero-order valence-electron chi connectivity index (χ0n) is 31.0. The molecular formula is C45H38FN3O7. The van der Waals surface area contributed by atoms with Crippen LogP contribution in [-0.2, 0) is 45.0 Å². The van der Waals surface area contributed by atoms with Gasteiger partial charge in [-0.25, -0.2) is 19.0 Å². The number of cyclic esters (lactones) is 1. The largest absolute Gasteiger partial charge is 0.507 e. The molecule has 2 N–H and O–H groups in total. The number of carboxylic acid groups (broad SMARTS) is 1. The van der Waals surface area contributed by atoms with Crippen molar-refractivity contribution in [1.82, 2.24) is 14.9 Å². The summed E-state index contributed by atoms with van der Waals surface area (Å²) in [6.07, 6.45) is -0.574. The number of hydrogen-bond acceptors (Lipinski definition) is 8. The second kappa shape index (κ2) is 13.2. The third kappa shape index (κ3) is 5.10. The molecule has 4 heterocycles. The Kier molecular flexibility index (Phi) is 8.31. The zero-order chi connectivity index (χ0) is 38.9. The number of halogens is 1. The number of nitrogens with zero attached hydrogens (tertiary/aromatic N) is 2. The summed E-state index contributed by atoms with van der Waals surface area (Å²) in [5.74, 6) is -0.538. The van der Waals surface area contributed by atoms with Crippen LogP contribution in [-0.4, -0.2) is 33.9 Å². The summed E-state index contributed by atoms with van der Waals surface area (Å²) in [6.45, 7) is 3.23. The lowest BCUT2D eigenvalue weighted by Crippen LogP contribution is -2.47. The third-order valence-electron chi connectivity index (χ3n) is 11.9. The van der Waals surface area contributed by atoms with Crippen LogP contribution < -0.4 is 15.6 Å². The molecule has 11 heteroatoms. The number of benzene rings is 4. The Bertz CT molecular complexity index is 2600. The second-order valence-electron chi connectivity index (χ2n) is 14.6. The number of aryl methyl sites for hydroxylation is 1. The first-order chi connectivity index (χ1) is 27.1. The minimum Gasteiger partial charge on any atom is -0.497 e. The van der Waals surface area contributed by atoms with Gasteiger partial charge in [-0.1, -0.05) is 79.7 Å². The maximum atomic E-state index is 15.8. The molecule has 0 saturated heterocycles. The van der Waals surface area contributed by atoms with Gasteiger partial charge >= 0.3 is 12.1 Å². The number of rotatable bonds is 8. The molecule has 0 amide bonds. The third-order valence-corrected chi connectivity index (χ3v) is 11.9. The van der Waals surface area contributed by atoms with Crippen LogP contribution in [0.5, 0.6) is 5.75 Å². The lowest BCUT2D eigenvalue weighted by Gasteiger charge is -2.42. The molecule has 0 fully saturated rings. The molecule has 10 nitrogen and oxygen atoms in total. The molecule has 0 spiro atoms. The van der Waals surface area contributed by atoms with Gasteiger partial charge in [0.05, 0.1) is 41.7 Å². The summed E-state index contributed by atoms with van der Waals surface area (Å²) in [5.41, 5.74) is 4.34. The quantitative estimate of drug-likeness (QED) is 0.118. The van der Waals surface area contributed by atoms with Crippen molar-refractivity contribution in [1.29, 1.82) is 0 Å². The van der Waals surface area contributed by atoms with Crippen molar-refractivity contribution in [3.8, 4) is 17.1 Å². The van der Waals surface area contributed by atoms with E-state index in [1.807, 2.05) is 48.5 Å². The van der Waals surface area contributed by atoms with Crippen LogP contribution in [0.1, 0.15) is 75.9 Å². The Morgan fingerprint density at radius 3 is 2.27 bits per heavy atom. The lowest BCUT2D eigenvalue weighted by molar-refractivity contribution is -0.174. The van der Waals surface area contributed by atoms with E-state index in [2.05, 4.69) is 41.7 Å². The van der Waals surface area contributed by atoms with Gasteiger partial charge < -0.3 is 23.9 Å². The molecule has 0 radical (unpaired) electrons. The van der Waals surface area contributed by atoms with Crippen molar-refractivity contribution in [2.24, 2.45) is 0 Å². The van der Waals surface area contributed by atoms with Crippen LogP contribution >= 0.6 is 0 Å². The number of aromatic nitrogens is 2. The van der Waals surface area contributed by atoms with Gasteiger partial charge in [-0.05, 0) is 77.8 Å². The normalized spacial score (nSPS) is 18.1. The number of fused-ring (bicyclic) bond motifs is 5. The first kappa shape index (κ1) is 35.4. The van der Waals surface area contributed by atoms with Gasteiger partial charge in [0.25, 0.3) is 5.56 Å². The van der Waals surface area contributed by atoms with E-state index >= 15 is 4.39 Å². The van der Waals surface area contributed by atoms with Crippen molar-refractivity contribution < 1.29 is 33.3 Å². The Labute approximate surface area is 321 Å². The number of carbonyl (C=O) groups excluding carboxylic acids is 1. The van der Waals surface area contributed by atoms with Crippen molar-refractivity contribution in [2.75, 3.05) is 7.11 Å². The molecule has 4 aromatic carbocycles. The summed E-state index contributed by atoms with van der Waals surface area (Å²) >= 11 is 0. The van der Waals surface area contributed by atoms with E-state index in [9.17, 15) is 19.5 Å². The highest BCUT2D eigenvalue weighted by Crippen LogP contribution is 2.49. The highest BCUT2D eigenvalue weighted by Gasteiger charge is 2.51. The number of ether oxygens (including phenoxy) is 3. The molecule has 6 aromatic rings. The predicted molar refractivity (Wildman–Crippen MR) is 206 cm³/mol. The van der Waals surface area contributed by atoms with E-state index in [1.165, 1.54) is 6.07 Å². The van der Waals surface area contributed by atoms with E-state index in [-0.39, 0.29) is 42.6 Å². The minimum absolute atomic E-state index is 0.0937. The maximum Gasteiger partial charge on any atom is 0.507 e. The number of nitrogens with one attached hydrogen (secondary N) is 1. The SMILES string of the molecule is CC[C@@]1(OC(=O)O)C(=O)OCc2c1cc1n(c2=O)Cc2c-1nc1cc(F)c(C)c3c1c2[C@@H](NC(c1ccccc1)(c1ccccc1)c1ccc(OC)cc1)CC3. The van der Waals surface area contributed by atoms with Crippen molar-refractivity contribution >= 4 is 23.0 Å². The maximum absolute atomic E-state index is 15.8. The van der Waals surface area contributed by atoms with Gasteiger partial charge in [0, 0.05) is 28.6 Å². The van der Waals surface area contributed by atoms with Gasteiger partial charge in [0.15, 0.2) is 0 Å². The van der Waals surface area contributed by atoms with Crippen LogP contribution in [0.4, 0.5) is 9.18 Å². The number of carbonyl (C=O) groups is 2. The van der Waals surface area contributed by atoms with E-state index in [4.69, 9.17) is 19.2 Å². The first-order valence-corrected chi connectivity index (χ1v) is 18.7. The molecule has 56 heavy (non-hydrogen) atoms. The molecule has 0 saturated carbocycles. The molecule has 0 unspecified atom stereocenters. The molecule has 0 bridgehead atoms. The summed E-state index contributed by atoms with van der Waals surface area (Å²) in [6, 6.07) is 31.3. The van der Waals surface area contributed by atoms with Crippen molar-refractivity contribution in [3.05, 3.63) is 163 Å². The van der Waals surface area contributed by atoms with Crippen LogP contribution in [0.3, 0.4) is 0 Å². The molecule has 2 aliphatic heterocycles. The molecule has 282 valence electrons. The topological polar surface area (TPSA) is 129 Å². The van der Waals surface area contributed by atoms with Gasteiger partial charge in [-0.3, -0.25) is 10.1 Å². The Balaban J connectivity index is 1.31. The highest BCUT2D eigenvalue weighted by atomic mass is 19.1. The van der Waals surface area contributed by atoms with Crippen LogP contribution in [0.2, 0.25) is 0 Å². The summed E-state index contributed by atoms with van der Waals surface area (Å²) < 4.78 is 33.5. The molecule has 9 rings (SSSR count). The monoisotopic (exact) mass is 751 g/mol. The van der Waals surface area contributed by atoms with Crippen molar-refractivity contribution in [3.63, 3.8) is 0 Å². The Morgan fingerprint density at radius 2 is 1.64 bits per heavy atom. The average molecular weight is 752 g/mol. The van der Waals surface area contributed by atoms with Crippen molar-refractivity contribution in [2.45, 2.75) is 63.4 Å². The molecule has 1 aliphatic carbocycles. The molecule has 2 aromatic heterocycles. The fraction of sp³-hybridized carbons (Fsp3) is 0.244. The molecule has 2 atom stereocenters. The Hall–Kier alpha value is -6.33. The van der Waals surface area contributed by atoms with Crippen LogP contribution in [0, 0.1) is 12.7 Å². The highest BCUT2D eigenvalue weighted by molar-refractivity contribution is 5.93. The van der Waals surface area contributed by atoms with E-state index in [1.54, 1.807) is 31.6 Å². The van der Waals surface area contributed by atoms with Gasteiger partial charge in [-0.15, -0.1) is 0 Å². The standard InChI is InChI=1S/C45H38FN3O7/c1-4-44(56-43(52)53)33-21-37-40-31(23-49(37)41(50)32(33)24-55-42(44)51)39-35(20-19-30-25(2)34(46)22-36(47-40)38(30)39)48-45(26-11-7-5-8-12-26,27-13-9-6-10-14-27)28-15-17-29(54-3)18-16-28/h5-18,21-22,35,48H,4,19-20,23-24H2,1-3H3,(H,52,53)/t35-,44-/m0/s1. The van der Waals surface area contributed by atoms with Gasteiger partial charge in [0.1, 0.15) is 18.2 Å². The van der Waals surface area contributed by atoms with Gasteiger partial charge in [0.2, 0.25) is 5.60 Å². The number of pyridine rings is 2. The van der Waals surface area contributed by atoms with E-state index < -0.39 is 28.8 Å². The van der Waals surface area contributed by atoms with Gasteiger partial charge in [-0.2, -0.15) is 0 Å². The zero-order valence-corrected chi connectivity index (χ0v) is 31.0. The lowest BCUT2D eigenvalue weighted by atomic mass is 9.74. The molecular weight excluding hydrogens is 714 g/mol. The Morgan fingerprint density at radius 1 is 0.982 bits per heavy atom. The smallest absolute Gasteiger partial charge is 0.497 e. The minimum atomic E-state index is -2.04. The second-order valence-corrected chi connectivity index (χ2v) is 14.6. The summed E-state index contributed by atoms with van der Waals surface area (Å²) in [4.78, 5) is 44.7. The number of hydrogen-bond donors (Lipinski definition) is 2.